The van der Waals surface area contributed by atoms with Gasteiger partial charge in [-0.05, 0) is 30.3 Å². The molecule has 1 heterocycles. The van der Waals surface area contributed by atoms with E-state index in [0.29, 0.717) is 28.3 Å². The molecule has 0 saturated heterocycles. The lowest BCUT2D eigenvalue weighted by Gasteiger charge is -2.08. The first-order valence-corrected chi connectivity index (χ1v) is 8.01. The van der Waals surface area contributed by atoms with E-state index in [1.54, 1.807) is 56.7 Å². The van der Waals surface area contributed by atoms with Crippen LogP contribution in [0.1, 0.15) is 16.1 Å². The number of hydrazone groups is 1. The number of methoxy groups -OCH3 is 2. The number of rotatable bonds is 6. The molecule has 138 valence electrons. The van der Waals surface area contributed by atoms with Gasteiger partial charge in [0.05, 0.1) is 26.1 Å². The van der Waals surface area contributed by atoms with Crippen molar-refractivity contribution in [2.45, 2.75) is 0 Å². The van der Waals surface area contributed by atoms with Gasteiger partial charge in [0.15, 0.2) is 0 Å². The SMILES string of the molecule is COc1ccc(-c2cc(C(=O)N/N=C/c3ccccc3O)[nH]n2)c(OC)c1. The quantitative estimate of drug-likeness (QED) is 0.459. The molecule has 0 saturated carbocycles. The van der Waals surface area contributed by atoms with Crippen LogP contribution in [0.5, 0.6) is 17.2 Å². The van der Waals surface area contributed by atoms with Crippen LogP contribution < -0.4 is 14.9 Å². The second-order valence-corrected chi connectivity index (χ2v) is 5.49. The highest BCUT2D eigenvalue weighted by Crippen LogP contribution is 2.32. The fourth-order valence-corrected chi connectivity index (χ4v) is 2.40. The van der Waals surface area contributed by atoms with Gasteiger partial charge in [-0.2, -0.15) is 10.2 Å². The number of aromatic amines is 1. The highest BCUT2D eigenvalue weighted by atomic mass is 16.5. The Morgan fingerprint density at radius 1 is 1.19 bits per heavy atom. The Balaban J connectivity index is 1.74. The van der Waals surface area contributed by atoms with Crippen LogP contribution >= 0.6 is 0 Å². The summed E-state index contributed by atoms with van der Waals surface area (Å²) in [4.78, 5) is 12.2. The van der Waals surface area contributed by atoms with Gasteiger partial charge in [-0.3, -0.25) is 9.89 Å². The van der Waals surface area contributed by atoms with Crippen LogP contribution in [0.15, 0.2) is 53.6 Å². The van der Waals surface area contributed by atoms with Gasteiger partial charge in [0, 0.05) is 17.2 Å². The van der Waals surface area contributed by atoms with Gasteiger partial charge in [0.1, 0.15) is 22.9 Å². The average Bonchev–Trinajstić information content (AvgIpc) is 3.19. The number of H-pyrrole nitrogens is 1. The minimum absolute atomic E-state index is 0.0749. The summed E-state index contributed by atoms with van der Waals surface area (Å²) in [6.45, 7) is 0. The molecule has 8 nitrogen and oxygen atoms in total. The lowest BCUT2D eigenvalue weighted by atomic mass is 10.1. The largest absolute Gasteiger partial charge is 0.507 e. The summed E-state index contributed by atoms with van der Waals surface area (Å²) in [5.41, 5.74) is 4.37. The minimum Gasteiger partial charge on any atom is -0.507 e. The zero-order valence-electron chi connectivity index (χ0n) is 14.8. The second-order valence-electron chi connectivity index (χ2n) is 5.49. The van der Waals surface area contributed by atoms with Crippen LogP contribution in [-0.2, 0) is 0 Å². The molecular weight excluding hydrogens is 348 g/mol. The van der Waals surface area contributed by atoms with Crippen LogP contribution in [0.25, 0.3) is 11.3 Å². The van der Waals surface area contributed by atoms with Crippen molar-refractivity contribution >= 4 is 12.1 Å². The summed E-state index contributed by atoms with van der Waals surface area (Å²) in [5.74, 6) is 0.840. The normalized spacial score (nSPS) is 10.7. The molecule has 3 aromatic rings. The van der Waals surface area contributed by atoms with Gasteiger partial charge >= 0.3 is 0 Å². The van der Waals surface area contributed by atoms with Crippen molar-refractivity contribution in [3.63, 3.8) is 0 Å². The van der Waals surface area contributed by atoms with E-state index in [1.807, 2.05) is 0 Å². The Morgan fingerprint density at radius 2 is 2.00 bits per heavy atom. The third-order valence-electron chi connectivity index (χ3n) is 3.81. The Labute approximate surface area is 155 Å². The topological polar surface area (TPSA) is 109 Å². The molecule has 0 aliphatic rings. The number of nitrogens with one attached hydrogen (secondary N) is 2. The Kier molecular flexibility index (Phi) is 5.36. The fourth-order valence-electron chi connectivity index (χ4n) is 2.40. The standard InChI is InChI=1S/C19H18N4O4/c1-26-13-7-8-14(18(9-13)27-2)15-10-16(22-21-15)19(25)23-20-11-12-5-3-4-6-17(12)24/h3-11,24H,1-2H3,(H,21,22)(H,23,25)/b20-11+. The van der Waals surface area contributed by atoms with E-state index in [9.17, 15) is 9.90 Å². The van der Waals surface area contributed by atoms with Crippen molar-refractivity contribution in [1.29, 1.82) is 0 Å². The van der Waals surface area contributed by atoms with Gasteiger partial charge in [-0.1, -0.05) is 12.1 Å². The van der Waals surface area contributed by atoms with E-state index < -0.39 is 5.91 Å². The molecule has 3 N–H and O–H groups in total. The zero-order chi connectivity index (χ0) is 19.2. The second kappa shape index (κ2) is 8.05. The maximum atomic E-state index is 12.2. The first-order valence-electron chi connectivity index (χ1n) is 8.01. The predicted octanol–water partition coefficient (Wildman–Crippen LogP) is 2.56. The highest BCUT2D eigenvalue weighted by Gasteiger charge is 2.14. The molecule has 8 heteroatoms. The van der Waals surface area contributed by atoms with Crippen LogP contribution in [0, 0.1) is 0 Å². The molecular formula is C19H18N4O4. The van der Waals surface area contributed by atoms with Crippen molar-refractivity contribution in [2.75, 3.05) is 14.2 Å². The van der Waals surface area contributed by atoms with Gasteiger partial charge < -0.3 is 14.6 Å². The van der Waals surface area contributed by atoms with Crippen molar-refractivity contribution in [3.8, 4) is 28.5 Å². The summed E-state index contributed by atoms with van der Waals surface area (Å²) in [6.07, 6.45) is 1.36. The number of hydrogen-bond donors (Lipinski definition) is 3. The number of amides is 1. The molecule has 0 unspecified atom stereocenters. The number of aromatic hydroxyl groups is 1. The van der Waals surface area contributed by atoms with Crippen molar-refractivity contribution < 1.29 is 19.4 Å². The molecule has 1 amide bonds. The zero-order valence-corrected chi connectivity index (χ0v) is 14.8. The molecule has 1 aromatic heterocycles. The van der Waals surface area contributed by atoms with Crippen LogP contribution in [0.4, 0.5) is 0 Å². The smallest absolute Gasteiger partial charge is 0.289 e. The molecule has 3 rings (SSSR count). The number of nitrogens with zero attached hydrogens (tertiary/aromatic N) is 2. The Hall–Kier alpha value is -3.81. The highest BCUT2D eigenvalue weighted by molar-refractivity contribution is 5.94. The maximum Gasteiger partial charge on any atom is 0.289 e. The monoisotopic (exact) mass is 366 g/mol. The van der Waals surface area contributed by atoms with Crippen LogP contribution in [0.2, 0.25) is 0 Å². The summed E-state index contributed by atoms with van der Waals surface area (Å²) in [5, 5.41) is 20.3. The van der Waals surface area contributed by atoms with Crippen molar-refractivity contribution in [2.24, 2.45) is 5.10 Å². The van der Waals surface area contributed by atoms with E-state index in [4.69, 9.17) is 9.47 Å². The predicted molar refractivity (Wildman–Crippen MR) is 100 cm³/mol. The molecule has 0 atom stereocenters. The van der Waals surface area contributed by atoms with E-state index >= 15 is 0 Å². The number of para-hydroxylation sites is 1. The van der Waals surface area contributed by atoms with E-state index in [0.717, 1.165) is 0 Å². The Morgan fingerprint density at radius 3 is 2.74 bits per heavy atom. The minimum atomic E-state index is -0.465. The Bertz CT molecular complexity index is 981. The van der Waals surface area contributed by atoms with E-state index in [2.05, 4.69) is 20.7 Å². The van der Waals surface area contributed by atoms with Gasteiger partial charge in [-0.25, -0.2) is 5.43 Å². The van der Waals surface area contributed by atoms with Crippen LogP contribution in [0.3, 0.4) is 0 Å². The van der Waals surface area contributed by atoms with Gasteiger partial charge in [0.25, 0.3) is 5.91 Å². The van der Waals surface area contributed by atoms with E-state index in [-0.39, 0.29) is 11.4 Å². The van der Waals surface area contributed by atoms with Crippen LogP contribution in [-0.4, -0.2) is 41.6 Å². The first-order chi connectivity index (χ1) is 13.1. The van der Waals surface area contributed by atoms with Gasteiger partial charge in [0.2, 0.25) is 0 Å². The summed E-state index contributed by atoms with van der Waals surface area (Å²) >= 11 is 0. The molecule has 0 aliphatic heterocycles. The molecule has 2 aromatic carbocycles. The summed E-state index contributed by atoms with van der Waals surface area (Å²) in [7, 11) is 3.12. The number of ether oxygens (including phenoxy) is 2. The summed E-state index contributed by atoms with van der Waals surface area (Å²) < 4.78 is 10.5. The molecule has 0 fully saturated rings. The number of hydrogen-bond acceptors (Lipinski definition) is 6. The van der Waals surface area contributed by atoms with Crippen molar-refractivity contribution in [1.82, 2.24) is 15.6 Å². The van der Waals surface area contributed by atoms with E-state index in [1.165, 1.54) is 12.3 Å². The lowest BCUT2D eigenvalue weighted by Crippen LogP contribution is -2.18. The number of phenols is 1. The number of aromatic nitrogens is 2. The summed E-state index contributed by atoms with van der Waals surface area (Å²) in [6, 6.07) is 13.6. The third-order valence-corrected chi connectivity index (χ3v) is 3.81. The molecule has 0 aliphatic carbocycles. The molecule has 27 heavy (non-hydrogen) atoms. The average molecular weight is 366 g/mol. The van der Waals surface area contributed by atoms with Gasteiger partial charge in [-0.15, -0.1) is 0 Å². The fraction of sp³-hybridized carbons (Fsp3) is 0.105. The number of carbonyl (C=O) groups excluding carboxylic acids is 1. The molecule has 0 radical (unpaired) electrons. The molecule has 0 bridgehead atoms. The third kappa shape index (κ3) is 4.06. The molecule has 0 spiro atoms. The number of carbonyl (C=O) groups is 1. The number of phenolic OH excluding ortho intramolecular Hbond substituents is 1. The number of benzene rings is 2. The van der Waals surface area contributed by atoms with Crippen molar-refractivity contribution in [3.05, 3.63) is 59.8 Å². The first kappa shape index (κ1) is 18.0. The lowest BCUT2D eigenvalue weighted by molar-refractivity contribution is 0.0950. The maximum absolute atomic E-state index is 12.2.